The van der Waals surface area contributed by atoms with Gasteiger partial charge in [0.15, 0.2) is 11.5 Å². The van der Waals surface area contributed by atoms with Crippen LogP contribution in [0.2, 0.25) is 0 Å². The molecule has 0 aliphatic carbocycles. The first kappa shape index (κ1) is 14.7. The Balaban J connectivity index is 1.61. The minimum Gasteiger partial charge on any atom is -0.481 e. The molecule has 118 valence electrons. The zero-order valence-electron chi connectivity index (χ0n) is 12.4. The molecule has 2 fully saturated rings. The van der Waals surface area contributed by atoms with Gasteiger partial charge in [-0.3, -0.25) is 9.59 Å². The molecule has 1 aromatic rings. The van der Waals surface area contributed by atoms with E-state index in [2.05, 4.69) is 15.1 Å². The SMILES string of the molecule is O=C(O)C1CCN(C(=O)c2ccc(N3CCCC3)nn2)CC1. The maximum Gasteiger partial charge on any atom is 0.306 e. The second kappa shape index (κ2) is 6.29. The lowest BCUT2D eigenvalue weighted by molar-refractivity contribution is -0.143. The number of carbonyl (C=O) groups excluding carboxylic acids is 1. The molecule has 0 unspecified atom stereocenters. The average molecular weight is 304 g/mol. The predicted molar refractivity (Wildman–Crippen MR) is 79.7 cm³/mol. The van der Waals surface area contributed by atoms with Crippen molar-refractivity contribution in [3.63, 3.8) is 0 Å². The van der Waals surface area contributed by atoms with Crippen LogP contribution in [-0.2, 0) is 4.79 Å². The van der Waals surface area contributed by atoms with E-state index in [9.17, 15) is 9.59 Å². The summed E-state index contributed by atoms with van der Waals surface area (Å²) in [5.41, 5.74) is 0.330. The van der Waals surface area contributed by atoms with Gasteiger partial charge in [-0.15, -0.1) is 10.2 Å². The molecule has 2 saturated heterocycles. The Labute approximate surface area is 128 Å². The van der Waals surface area contributed by atoms with Crippen LogP contribution in [0, 0.1) is 5.92 Å². The van der Waals surface area contributed by atoms with Crippen LogP contribution in [-0.4, -0.2) is 58.3 Å². The minimum absolute atomic E-state index is 0.163. The minimum atomic E-state index is -0.776. The lowest BCUT2D eigenvalue weighted by Gasteiger charge is -2.29. The van der Waals surface area contributed by atoms with E-state index in [4.69, 9.17) is 5.11 Å². The van der Waals surface area contributed by atoms with Gasteiger partial charge in [0.05, 0.1) is 5.92 Å². The van der Waals surface area contributed by atoms with Crippen molar-refractivity contribution in [3.05, 3.63) is 17.8 Å². The highest BCUT2D eigenvalue weighted by Crippen LogP contribution is 2.20. The molecule has 0 atom stereocenters. The van der Waals surface area contributed by atoms with Crippen LogP contribution in [0.5, 0.6) is 0 Å². The molecule has 7 heteroatoms. The molecule has 22 heavy (non-hydrogen) atoms. The van der Waals surface area contributed by atoms with Crippen LogP contribution in [0.15, 0.2) is 12.1 Å². The number of carboxylic acids is 1. The monoisotopic (exact) mass is 304 g/mol. The fraction of sp³-hybridized carbons (Fsp3) is 0.600. The van der Waals surface area contributed by atoms with E-state index in [0.717, 1.165) is 18.9 Å². The van der Waals surface area contributed by atoms with Crippen molar-refractivity contribution in [1.29, 1.82) is 0 Å². The summed E-state index contributed by atoms with van der Waals surface area (Å²) < 4.78 is 0. The third kappa shape index (κ3) is 3.03. The second-order valence-electron chi connectivity index (χ2n) is 5.88. The topological polar surface area (TPSA) is 86.6 Å². The first-order valence-corrected chi connectivity index (χ1v) is 7.76. The Morgan fingerprint density at radius 2 is 1.73 bits per heavy atom. The summed E-state index contributed by atoms with van der Waals surface area (Å²) in [4.78, 5) is 27.1. The highest BCUT2D eigenvalue weighted by molar-refractivity contribution is 5.92. The Morgan fingerprint density at radius 1 is 1.05 bits per heavy atom. The third-order valence-corrected chi connectivity index (χ3v) is 4.43. The lowest BCUT2D eigenvalue weighted by atomic mass is 9.97. The first-order valence-electron chi connectivity index (χ1n) is 7.76. The van der Waals surface area contributed by atoms with E-state index in [-0.39, 0.29) is 11.8 Å². The molecular formula is C15H20N4O3. The van der Waals surface area contributed by atoms with Gasteiger partial charge in [0.25, 0.3) is 5.91 Å². The maximum absolute atomic E-state index is 12.4. The summed E-state index contributed by atoms with van der Waals surface area (Å²) in [7, 11) is 0. The van der Waals surface area contributed by atoms with Crippen LogP contribution in [0.3, 0.4) is 0 Å². The number of carbonyl (C=O) groups is 2. The van der Waals surface area contributed by atoms with E-state index < -0.39 is 5.97 Å². The average Bonchev–Trinajstić information content (AvgIpc) is 3.09. The molecule has 0 spiro atoms. The number of anilines is 1. The summed E-state index contributed by atoms with van der Waals surface area (Å²) in [6, 6.07) is 3.56. The molecule has 3 rings (SSSR count). The van der Waals surface area contributed by atoms with Gasteiger partial charge in [0, 0.05) is 26.2 Å². The molecular weight excluding hydrogens is 284 g/mol. The molecule has 1 N–H and O–H groups in total. The molecule has 0 radical (unpaired) electrons. The van der Waals surface area contributed by atoms with Crippen LogP contribution in [0.4, 0.5) is 5.82 Å². The van der Waals surface area contributed by atoms with Gasteiger partial charge >= 0.3 is 5.97 Å². The Bertz CT molecular complexity index is 546. The molecule has 0 aromatic carbocycles. The summed E-state index contributed by atoms with van der Waals surface area (Å²) >= 11 is 0. The van der Waals surface area contributed by atoms with Crippen LogP contribution < -0.4 is 4.90 Å². The summed E-state index contributed by atoms with van der Waals surface area (Å²) in [6.07, 6.45) is 3.34. The number of carboxylic acid groups (broad SMARTS) is 1. The number of hydrogen-bond acceptors (Lipinski definition) is 5. The Kier molecular flexibility index (Phi) is 4.22. The van der Waals surface area contributed by atoms with Crippen molar-refractivity contribution in [2.24, 2.45) is 5.92 Å². The van der Waals surface area contributed by atoms with Crippen molar-refractivity contribution >= 4 is 17.7 Å². The number of amides is 1. The standard InChI is InChI=1S/C15H20N4O3/c20-14(19-9-5-11(6-10-19)15(21)22)12-3-4-13(17-16-12)18-7-1-2-8-18/h3-4,11H,1-2,5-10H2,(H,21,22). The van der Waals surface area contributed by atoms with Crippen LogP contribution in [0.1, 0.15) is 36.2 Å². The normalized spacial score (nSPS) is 19.5. The van der Waals surface area contributed by atoms with E-state index in [1.807, 2.05) is 6.07 Å². The maximum atomic E-state index is 12.4. The van der Waals surface area contributed by atoms with Crippen molar-refractivity contribution < 1.29 is 14.7 Å². The molecule has 7 nitrogen and oxygen atoms in total. The van der Waals surface area contributed by atoms with E-state index in [0.29, 0.717) is 31.6 Å². The lowest BCUT2D eigenvalue weighted by Crippen LogP contribution is -2.40. The fourth-order valence-electron chi connectivity index (χ4n) is 3.05. The van der Waals surface area contributed by atoms with Crippen LogP contribution >= 0.6 is 0 Å². The zero-order valence-corrected chi connectivity index (χ0v) is 12.4. The number of nitrogens with zero attached hydrogens (tertiary/aromatic N) is 4. The van der Waals surface area contributed by atoms with Crippen molar-refractivity contribution in [3.8, 4) is 0 Å². The summed E-state index contributed by atoms with van der Waals surface area (Å²) in [6.45, 7) is 2.91. The van der Waals surface area contributed by atoms with E-state index >= 15 is 0 Å². The Hall–Kier alpha value is -2.18. The van der Waals surface area contributed by atoms with Crippen molar-refractivity contribution in [1.82, 2.24) is 15.1 Å². The molecule has 2 aliphatic heterocycles. The first-order chi connectivity index (χ1) is 10.6. The third-order valence-electron chi connectivity index (χ3n) is 4.43. The van der Waals surface area contributed by atoms with E-state index in [1.165, 1.54) is 12.8 Å². The number of likely N-dealkylation sites (tertiary alicyclic amines) is 1. The van der Waals surface area contributed by atoms with Gasteiger partial charge in [-0.25, -0.2) is 0 Å². The van der Waals surface area contributed by atoms with Gasteiger partial charge in [0.1, 0.15) is 0 Å². The van der Waals surface area contributed by atoms with Crippen molar-refractivity contribution in [2.75, 3.05) is 31.1 Å². The molecule has 0 bridgehead atoms. The van der Waals surface area contributed by atoms with Gasteiger partial charge in [0.2, 0.25) is 0 Å². The van der Waals surface area contributed by atoms with Crippen molar-refractivity contribution in [2.45, 2.75) is 25.7 Å². The largest absolute Gasteiger partial charge is 0.481 e. The molecule has 1 aromatic heterocycles. The number of piperidine rings is 1. The quantitative estimate of drug-likeness (QED) is 0.897. The molecule has 3 heterocycles. The van der Waals surface area contributed by atoms with E-state index in [1.54, 1.807) is 11.0 Å². The number of hydrogen-bond donors (Lipinski definition) is 1. The van der Waals surface area contributed by atoms with Gasteiger partial charge < -0.3 is 14.9 Å². The van der Waals surface area contributed by atoms with Crippen LogP contribution in [0.25, 0.3) is 0 Å². The molecule has 2 aliphatic rings. The molecule has 0 saturated carbocycles. The van der Waals surface area contributed by atoms with Gasteiger partial charge in [-0.05, 0) is 37.8 Å². The number of aliphatic carboxylic acids is 1. The smallest absolute Gasteiger partial charge is 0.306 e. The summed E-state index contributed by atoms with van der Waals surface area (Å²) in [5, 5.41) is 17.2. The summed E-state index contributed by atoms with van der Waals surface area (Å²) in [5.74, 6) is -0.461. The van der Waals surface area contributed by atoms with Gasteiger partial charge in [-0.2, -0.15) is 0 Å². The highest BCUT2D eigenvalue weighted by atomic mass is 16.4. The second-order valence-corrected chi connectivity index (χ2v) is 5.88. The zero-order chi connectivity index (χ0) is 15.5. The van der Waals surface area contributed by atoms with Gasteiger partial charge in [-0.1, -0.05) is 0 Å². The number of rotatable bonds is 3. The number of aromatic nitrogens is 2. The predicted octanol–water partition coefficient (Wildman–Crippen LogP) is 1.01. The fourth-order valence-corrected chi connectivity index (χ4v) is 3.05. The Morgan fingerprint density at radius 3 is 2.27 bits per heavy atom. The highest BCUT2D eigenvalue weighted by Gasteiger charge is 2.28. The molecule has 1 amide bonds.